The molecule has 1 aliphatic heterocycles. The van der Waals surface area contributed by atoms with Crippen molar-refractivity contribution >= 4 is 44.8 Å². The molecule has 9 heteroatoms. The third kappa shape index (κ3) is 4.79. The van der Waals surface area contributed by atoms with Crippen LogP contribution in [0.4, 0.5) is 5.69 Å². The molecule has 3 rings (SSSR count). The van der Waals surface area contributed by atoms with Gasteiger partial charge in [0.1, 0.15) is 10.8 Å². The van der Waals surface area contributed by atoms with E-state index in [0.717, 1.165) is 25.7 Å². The summed E-state index contributed by atoms with van der Waals surface area (Å²) in [7, 11) is -3.53. The molecule has 1 fully saturated rings. The minimum Gasteiger partial charge on any atom is -0.321 e. The highest BCUT2D eigenvalue weighted by Crippen LogP contribution is 2.23. The Labute approximate surface area is 168 Å². The predicted octanol–water partition coefficient (Wildman–Crippen LogP) is 4.21. The maximum absolute atomic E-state index is 12.8. The Bertz CT molecular complexity index is 925. The fourth-order valence-electron chi connectivity index (χ4n) is 2.91. The van der Waals surface area contributed by atoms with E-state index in [9.17, 15) is 13.2 Å². The minimum absolute atomic E-state index is 0.00503. The normalized spacial score (nSPS) is 15.9. The molecule has 1 saturated heterocycles. The number of sulfonamides is 1. The highest BCUT2D eigenvalue weighted by atomic mass is 35.5. The molecule has 0 radical (unpaired) electrons. The Balaban J connectivity index is 1.75. The number of aromatic nitrogens is 1. The van der Waals surface area contributed by atoms with E-state index in [4.69, 9.17) is 23.2 Å². The molecule has 0 atom stereocenters. The summed E-state index contributed by atoms with van der Waals surface area (Å²) in [6.45, 7) is 1.08. The number of hydrogen-bond acceptors (Lipinski definition) is 4. The van der Waals surface area contributed by atoms with Gasteiger partial charge in [0.15, 0.2) is 0 Å². The van der Waals surface area contributed by atoms with Crippen molar-refractivity contribution in [3.8, 4) is 0 Å². The summed E-state index contributed by atoms with van der Waals surface area (Å²) in [5.74, 6) is -0.523. The highest BCUT2D eigenvalue weighted by Gasteiger charge is 2.25. The van der Waals surface area contributed by atoms with Crippen LogP contribution in [0.1, 0.15) is 36.2 Å². The summed E-state index contributed by atoms with van der Waals surface area (Å²) in [6, 6.07) is 9.04. The monoisotopic (exact) mass is 427 g/mol. The Morgan fingerprint density at radius 2 is 1.59 bits per heavy atom. The lowest BCUT2D eigenvalue weighted by molar-refractivity contribution is 0.102. The third-order valence-electron chi connectivity index (χ3n) is 4.34. The number of anilines is 1. The molecule has 2 heterocycles. The van der Waals surface area contributed by atoms with E-state index >= 15 is 0 Å². The number of carbonyl (C=O) groups is 1. The molecule has 6 nitrogen and oxygen atoms in total. The van der Waals surface area contributed by atoms with Crippen molar-refractivity contribution < 1.29 is 13.2 Å². The number of benzene rings is 1. The van der Waals surface area contributed by atoms with Crippen molar-refractivity contribution in [1.82, 2.24) is 9.29 Å². The van der Waals surface area contributed by atoms with Crippen LogP contribution in [0.5, 0.6) is 0 Å². The molecule has 27 heavy (non-hydrogen) atoms. The molecule has 1 aromatic carbocycles. The van der Waals surface area contributed by atoms with Crippen LogP contribution in [0.3, 0.4) is 0 Å². The van der Waals surface area contributed by atoms with Crippen molar-refractivity contribution in [2.75, 3.05) is 18.4 Å². The molecule has 144 valence electrons. The number of rotatable bonds is 4. The van der Waals surface area contributed by atoms with Crippen LogP contribution < -0.4 is 5.32 Å². The second kappa shape index (κ2) is 8.56. The topological polar surface area (TPSA) is 79.4 Å². The van der Waals surface area contributed by atoms with Gasteiger partial charge in [-0.3, -0.25) is 4.79 Å². The largest absolute Gasteiger partial charge is 0.321 e. The van der Waals surface area contributed by atoms with Gasteiger partial charge in [-0.15, -0.1) is 0 Å². The number of nitrogens with one attached hydrogen (secondary N) is 1. The second-order valence-electron chi connectivity index (χ2n) is 6.26. The summed E-state index contributed by atoms with van der Waals surface area (Å²) in [4.78, 5) is 16.4. The Morgan fingerprint density at radius 1 is 0.963 bits per heavy atom. The van der Waals surface area contributed by atoms with Gasteiger partial charge in [0.25, 0.3) is 5.91 Å². The fraction of sp³-hybridized carbons (Fsp3) is 0.333. The zero-order chi connectivity index (χ0) is 19.4. The van der Waals surface area contributed by atoms with E-state index in [1.807, 2.05) is 0 Å². The third-order valence-corrected chi connectivity index (χ3v) is 6.77. The van der Waals surface area contributed by atoms with Gasteiger partial charge in [-0.1, -0.05) is 36.0 Å². The number of nitrogens with zero attached hydrogens (tertiary/aromatic N) is 2. The Hall–Kier alpha value is -1.67. The zero-order valence-corrected chi connectivity index (χ0v) is 16.8. The molecular formula is C18H19Cl2N3O3S. The van der Waals surface area contributed by atoms with Gasteiger partial charge in [0.2, 0.25) is 10.0 Å². The minimum atomic E-state index is -3.53. The van der Waals surface area contributed by atoms with E-state index in [1.165, 1.54) is 28.6 Å². The van der Waals surface area contributed by atoms with Crippen LogP contribution in [0.25, 0.3) is 0 Å². The van der Waals surface area contributed by atoms with Crippen molar-refractivity contribution in [2.45, 2.75) is 30.6 Å². The lowest BCUT2D eigenvalue weighted by Crippen LogP contribution is -2.31. The number of pyridine rings is 1. The molecule has 1 aliphatic rings. The van der Waals surface area contributed by atoms with E-state index in [-0.39, 0.29) is 20.8 Å². The maximum atomic E-state index is 12.8. The lowest BCUT2D eigenvalue weighted by atomic mass is 10.2. The molecule has 1 N–H and O–H groups in total. The first kappa shape index (κ1) is 20.1. The molecular weight excluding hydrogens is 409 g/mol. The van der Waals surface area contributed by atoms with Crippen LogP contribution in [-0.4, -0.2) is 36.7 Å². The van der Waals surface area contributed by atoms with E-state index in [2.05, 4.69) is 10.3 Å². The predicted molar refractivity (Wildman–Crippen MR) is 106 cm³/mol. The first-order valence-electron chi connectivity index (χ1n) is 8.61. The number of halogens is 2. The molecule has 0 spiro atoms. The van der Waals surface area contributed by atoms with Crippen molar-refractivity contribution in [3.05, 3.63) is 52.3 Å². The van der Waals surface area contributed by atoms with Gasteiger partial charge in [-0.25, -0.2) is 13.4 Å². The SMILES string of the molecule is O=C(Nc1ccc(S(=O)(=O)N2CCCCCC2)cc1)c1nc(Cl)ccc1Cl. The van der Waals surface area contributed by atoms with Gasteiger partial charge >= 0.3 is 0 Å². The smallest absolute Gasteiger partial charge is 0.275 e. The van der Waals surface area contributed by atoms with E-state index < -0.39 is 15.9 Å². The molecule has 0 saturated carbocycles. The second-order valence-corrected chi connectivity index (χ2v) is 8.99. The van der Waals surface area contributed by atoms with Crippen LogP contribution in [0.2, 0.25) is 10.2 Å². The van der Waals surface area contributed by atoms with E-state index in [0.29, 0.717) is 18.8 Å². The molecule has 1 amide bonds. The summed E-state index contributed by atoms with van der Waals surface area (Å²) >= 11 is 11.8. The molecule has 0 unspecified atom stereocenters. The van der Waals surface area contributed by atoms with Crippen molar-refractivity contribution in [3.63, 3.8) is 0 Å². The summed E-state index contributed by atoms with van der Waals surface area (Å²) in [6.07, 6.45) is 3.86. The average molecular weight is 428 g/mol. The number of amides is 1. The van der Waals surface area contributed by atoms with Crippen LogP contribution in [0, 0.1) is 0 Å². The van der Waals surface area contributed by atoms with E-state index in [1.54, 1.807) is 12.1 Å². The number of carbonyl (C=O) groups excluding carboxylic acids is 1. The molecule has 2 aromatic rings. The van der Waals surface area contributed by atoms with Gasteiger partial charge in [0, 0.05) is 18.8 Å². The summed E-state index contributed by atoms with van der Waals surface area (Å²) < 4.78 is 27.1. The van der Waals surface area contributed by atoms with Gasteiger partial charge in [-0.05, 0) is 49.2 Å². The van der Waals surface area contributed by atoms with Crippen LogP contribution in [0.15, 0.2) is 41.3 Å². The van der Waals surface area contributed by atoms with Gasteiger partial charge in [-0.2, -0.15) is 4.31 Å². The highest BCUT2D eigenvalue weighted by molar-refractivity contribution is 7.89. The van der Waals surface area contributed by atoms with Gasteiger partial charge in [0.05, 0.1) is 9.92 Å². The number of hydrogen-bond donors (Lipinski definition) is 1. The Morgan fingerprint density at radius 3 is 2.22 bits per heavy atom. The molecule has 0 bridgehead atoms. The quantitative estimate of drug-likeness (QED) is 0.741. The van der Waals surface area contributed by atoms with Crippen molar-refractivity contribution in [1.29, 1.82) is 0 Å². The first-order valence-corrected chi connectivity index (χ1v) is 10.8. The Kier molecular flexibility index (Phi) is 6.37. The maximum Gasteiger partial charge on any atom is 0.275 e. The van der Waals surface area contributed by atoms with Crippen LogP contribution in [-0.2, 0) is 10.0 Å². The van der Waals surface area contributed by atoms with Crippen LogP contribution >= 0.6 is 23.2 Å². The van der Waals surface area contributed by atoms with Gasteiger partial charge < -0.3 is 5.32 Å². The molecule has 0 aliphatic carbocycles. The summed E-state index contributed by atoms with van der Waals surface area (Å²) in [5, 5.41) is 2.98. The fourth-order valence-corrected chi connectivity index (χ4v) is 4.76. The standard InChI is InChI=1S/C18H19Cl2N3O3S/c19-15-9-10-16(20)22-17(15)18(24)21-13-5-7-14(8-6-13)27(25,26)23-11-3-1-2-4-12-23/h5-10H,1-4,11-12H2,(H,21,24). The first-order chi connectivity index (χ1) is 12.9. The zero-order valence-electron chi connectivity index (χ0n) is 14.5. The summed E-state index contributed by atoms with van der Waals surface area (Å²) in [5.41, 5.74) is 0.443. The molecule has 1 aromatic heterocycles. The van der Waals surface area contributed by atoms with Crippen molar-refractivity contribution in [2.24, 2.45) is 0 Å². The average Bonchev–Trinajstić information content (AvgIpc) is 2.94. The lowest BCUT2D eigenvalue weighted by Gasteiger charge is -2.20.